The SMILES string of the molecule is COC(=O)c1cnn(-c2cccc(C3CCCC(=O)C3)c2)c1C1CC1. The van der Waals surface area contributed by atoms with Crippen LogP contribution in [0.5, 0.6) is 0 Å². The molecular formula is C20H22N2O3. The molecule has 0 radical (unpaired) electrons. The number of carbonyl (C=O) groups excluding carboxylic acids is 2. The number of nitrogens with zero attached hydrogens (tertiary/aromatic N) is 2. The first-order valence-electron chi connectivity index (χ1n) is 8.95. The number of esters is 1. The first-order valence-corrected chi connectivity index (χ1v) is 8.95. The molecule has 2 aliphatic rings. The number of Topliss-reactive ketones (excluding diaryl/α,β-unsaturated/α-hetero) is 1. The normalized spacial score (nSPS) is 20.5. The Morgan fingerprint density at radius 3 is 2.80 bits per heavy atom. The minimum Gasteiger partial charge on any atom is -0.465 e. The van der Waals surface area contributed by atoms with Gasteiger partial charge in [-0.05, 0) is 49.3 Å². The third-order valence-electron chi connectivity index (χ3n) is 5.24. The molecule has 2 aliphatic carbocycles. The highest BCUT2D eigenvalue weighted by Gasteiger charge is 2.33. The van der Waals surface area contributed by atoms with Gasteiger partial charge >= 0.3 is 5.97 Å². The summed E-state index contributed by atoms with van der Waals surface area (Å²) in [7, 11) is 1.40. The highest BCUT2D eigenvalue weighted by molar-refractivity contribution is 5.91. The van der Waals surface area contributed by atoms with Crippen molar-refractivity contribution >= 4 is 11.8 Å². The van der Waals surface area contributed by atoms with E-state index in [2.05, 4.69) is 17.2 Å². The molecule has 1 aromatic carbocycles. The molecule has 5 heteroatoms. The second kappa shape index (κ2) is 6.47. The predicted octanol–water partition coefficient (Wildman–Crippen LogP) is 3.76. The van der Waals surface area contributed by atoms with Crippen LogP contribution in [0.3, 0.4) is 0 Å². The van der Waals surface area contributed by atoms with Crippen LogP contribution in [0.2, 0.25) is 0 Å². The minimum absolute atomic E-state index is 0.293. The van der Waals surface area contributed by atoms with Gasteiger partial charge in [0.1, 0.15) is 11.3 Å². The van der Waals surface area contributed by atoms with E-state index in [0.717, 1.165) is 37.1 Å². The zero-order valence-electron chi connectivity index (χ0n) is 14.4. The van der Waals surface area contributed by atoms with Gasteiger partial charge in [-0.25, -0.2) is 9.48 Å². The largest absolute Gasteiger partial charge is 0.465 e. The molecule has 0 saturated heterocycles. The molecule has 130 valence electrons. The molecule has 1 unspecified atom stereocenters. The van der Waals surface area contributed by atoms with Gasteiger partial charge in [0.25, 0.3) is 0 Å². The summed E-state index contributed by atoms with van der Waals surface area (Å²) in [6.45, 7) is 0. The van der Waals surface area contributed by atoms with E-state index >= 15 is 0 Å². The summed E-state index contributed by atoms with van der Waals surface area (Å²) >= 11 is 0. The van der Waals surface area contributed by atoms with Crippen molar-refractivity contribution in [2.45, 2.75) is 50.4 Å². The lowest BCUT2D eigenvalue weighted by atomic mass is 9.83. The third-order valence-corrected chi connectivity index (χ3v) is 5.24. The molecule has 0 N–H and O–H groups in total. The molecule has 1 atom stereocenters. The van der Waals surface area contributed by atoms with E-state index in [1.165, 1.54) is 12.7 Å². The molecule has 1 aromatic heterocycles. The number of carbonyl (C=O) groups is 2. The lowest BCUT2D eigenvalue weighted by molar-refractivity contribution is -0.120. The summed E-state index contributed by atoms with van der Waals surface area (Å²) < 4.78 is 6.78. The molecule has 5 nitrogen and oxygen atoms in total. The topological polar surface area (TPSA) is 61.2 Å². The van der Waals surface area contributed by atoms with Gasteiger partial charge in [-0.15, -0.1) is 0 Å². The van der Waals surface area contributed by atoms with Crippen molar-refractivity contribution in [1.82, 2.24) is 9.78 Å². The van der Waals surface area contributed by atoms with Crippen LogP contribution < -0.4 is 0 Å². The first kappa shape index (κ1) is 16.1. The number of methoxy groups -OCH3 is 1. The fraction of sp³-hybridized carbons (Fsp3) is 0.450. The van der Waals surface area contributed by atoms with Crippen LogP contribution in [0.25, 0.3) is 5.69 Å². The third kappa shape index (κ3) is 3.11. The molecule has 2 aromatic rings. The molecule has 2 fully saturated rings. The molecular weight excluding hydrogens is 316 g/mol. The standard InChI is InChI=1S/C20H22N2O3/c1-25-20(24)18-12-21-22(19(18)13-8-9-13)16-6-2-4-14(10-16)15-5-3-7-17(23)11-15/h2,4,6,10,12-13,15H,3,5,7-9,11H2,1H3. The van der Waals surface area contributed by atoms with Crippen LogP contribution in [0.15, 0.2) is 30.5 Å². The van der Waals surface area contributed by atoms with Gasteiger partial charge in [0.2, 0.25) is 0 Å². The smallest absolute Gasteiger partial charge is 0.341 e. The second-order valence-electron chi connectivity index (χ2n) is 7.05. The number of rotatable bonds is 4. The number of hydrogen-bond acceptors (Lipinski definition) is 4. The van der Waals surface area contributed by atoms with E-state index in [9.17, 15) is 9.59 Å². The Bertz CT molecular complexity index is 820. The van der Waals surface area contributed by atoms with Crippen LogP contribution >= 0.6 is 0 Å². The van der Waals surface area contributed by atoms with E-state index in [1.54, 1.807) is 6.20 Å². The molecule has 0 spiro atoms. The van der Waals surface area contributed by atoms with Crippen LogP contribution in [0.4, 0.5) is 0 Å². The first-order chi connectivity index (χ1) is 12.2. The van der Waals surface area contributed by atoms with Crippen LogP contribution in [0, 0.1) is 0 Å². The maximum Gasteiger partial charge on any atom is 0.341 e. The van der Waals surface area contributed by atoms with Gasteiger partial charge in [-0.3, -0.25) is 4.79 Å². The number of hydrogen-bond donors (Lipinski definition) is 0. The number of ether oxygens (including phenoxy) is 1. The maximum atomic E-state index is 12.0. The molecule has 0 amide bonds. The van der Waals surface area contributed by atoms with Crippen LogP contribution in [-0.2, 0) is 9.53 Å². The summed E-state index contributed by atoms with van der Waals surface area (Å²) in [5.41, 5.74) is 3.64. The Kier molecular flexibility index (Phi) is 4.15. The summed E-state index contributed by atoms with van der Waals surface area (Å²) in [4.78, 5) is 23.8. The molecule has 0 bridgehead atoms. The second-order valence-corrected chi connectivity index (χ2v) is 7.05. The van der Waals surface area contributed by atoms with Gasteiger partial charge in [0.15, 0.2) is 0 Å². The van der Waals surface area contributed by atoms with Crippen molar-refractivity contribution in [2.24, 2.45) is 0 Å². The molecule has 2 saturated carbocycles. The summed E-state index contributed by atoms with van der Waals surface area (Å²) in [5.74, 6) is 0.687. The Balaban J connectivity index is 1.71. The fourth-order valence-electron chi connectivity index (χ4n) is 3.80. The predicted molar refractivity (Wildman–Crippen MR) is 93.1 cm³/mol. The van der Waals surface area contributed by atoms with Gasteiger partial charge in [0.05, 0.1) is 24.7 Å². The highest BCUT2D eigenvalue weighted by atomic mass is 16.5. The van der Waals surface area contributed by atoms with Crippen molar-refractivity contribution < 1.29 is 14.3 Å². The number of aromatic nitrogens is 2. The minimum atomic E-state index is -0.331. The van der Waals surface area contributed by atoms with E-state index in [-0.39, 0.29) is 5.97 Å². The van der Waals surface area contributed by atoms with E-state index in [4.69, 9.17) is 4.74 Å². The van der Waals surface area contributed by atoms with E-state index in [0.29, 0.717) is 36.0 Å². The summed E-state index contributed by atoms with van der Waals surface area (Å²) in [6, 6.07) is 8.23. The summed E-state index contributed by atoms with van der Waals surface area (Å²) in [6.07, 6.45) is 7.12. The van der Waals surface area contributed by atoms with Crippen molar-refractivity contribution in [3.05, 3.63) is 47.3 Å². The fourth-order valence-corrected chi connectivity index (χ4v) is 3.80. The van der Waals surface area contributed by atoms with Gasteiger partial charge in [-0.2, -0.15) is 5.10 Å². The Morgan fingerprint density at radius 1 is 1.24 bits per heavy atom. The molecule has 0 aliphatic heterocycles. The van der Waals surface area contributed by atoms with E-state index < -0.39 is 0 Å². The maximum absolute atomic E-state index is 12.0. The zero-order valence-corrected chi connectivity index (χ0v) is 14.4. The van der Waals surface area contributed by atoms with E-state index in [1.807, 2.05) is 16.8 Å². The number of ketones is 1. The Hall–Kier alpha value is -2.43. The van der Waals surface area contributed by atoms with Crippen molar-refractivity contribution in [2.75, 3.05) is 7.11 Å². The monoisotopic (exact) mass is 338 g/mol. The lowest BCUT2D eigenvalue weighted by Gasteiger charge is -2.21. The summed E-state index contributed by atoms with van der Waals surface area (Å²) in [5, 5.41) is 4.47. The quantitative estimate of drug-likeness (QED) is 0.796. The molecule has 4 rings (SSSR count). The van der Waals surface area contributed by atoms with Gasteiger partial charge < -0.3 is 4.74 Å². The molecule has 25 heavy (non-hydrogen) atoms. The van der Waals surface area contributed by atoms with Crippen molar-refractivity contribution in [1.29, 1.82) is 0 Å². The molecule has 1 heterocycles. The van der Waals surface area contributed by atoms with Crippen LogP contribution in [-0.4, -0.2) is 28.6 Å². The number of benzene rings is 1. The van der Waals surface area contributed by atoms with Gasteiger partial charge in [0, 0.05) is 18.8 Å². The Morgan fingerprint density at radius 2 is 2.08 bits per heavy atom. The zero-order chi connectivity index (χ0) is 17.4. The highest BCUT2D eigenvalue weighted by Crippen LogP contribution is 2.43. The average molecular weight is 338 g/mol. The van der Waals surface area contributed by atoms with Crippen molar-refractivity contribution in [3.8, 4) is 5.69 Å². The van der Waals surface area contributed by atoms with Crippen LogP contribution in [0.1, 0.15) is 72.0 Å². The van der Waals surface area contributed by atoms with Crippen molar-refractivity contribution in [3.63, 3.8) is 0 Å². The Labute approximate surface area is 147 Å². The lowest BCUT2D eigenvalue weighted by Crippen LogP contribution is -2.14. The van der Waals surface area contributed by atoms with Gasteiger partial charge in [-0.1, -0.05) is 12.1 Å². The average Bonchev–Trinajstić information content (AvgIpc) is 3.39.